The van der Waals surface area contributed by atoms with Crippen LogP contribution in [0.4, 0.5) is 0 Å². The minimum atomic E-state index is -1.48. The molecule has 2 aromatic carbocycles. The van der Waals surface area contributed by atoms with E-state index in [4.69, 9.17) is 0 Å². The summed E-state index contributed by atoms with van der Waals surface area (Å²) in [5.74, 6) is -0.591. The van der Waals surface area contributed by atoms with E-state index in [2.05, 4.69) is 0 Å². The van der Waals surface area contributed by atoms with E-state index in [9.17, 15) is 14.8 Å². The number of para-hydroxylation sites is 1. The molecule has 2 N–H and O–H groups in total. The molecule has 0 aliphatic carbocycles. The predicted octanol–water partition coefficient (Wildman–Crippen LogP) is 2.26. The molecule has 0 aromatic heterocycles. The van der Waals surface area contributed by atoms with Gasteiger partial charge in [-0.1, -0.05) is 24.3 Å². The van der Waals surface area contributed by atoms with Gasteiger partial charge in [0.05, 0.1) is 0 Å². The highest BCUT2D eigenvalue weighted by atomic mass is 32.2. The Morgan fingerprint density at radius 3 is 2.25 bits per heavy atom. The van der Waals surface area contributed by atoms with E-state index in [1.807, 2.05) is 6.07 Å². The molecule has 2 rings (SSSR count). The number of hydrogen-bond donors (Lipinski definition) is 2. The van der Waals surface area contributed by atoms with Gasteiger partial charge in [-0.15, -0.1) is 0 Å². The Hall–Kier alpha value is -1.65. The molecule has 1 atom stereocenters. The quantitative estimate of drug-likeness (QED) is 0.619. The summed E-state index contributed by atoms with van der Waals surface area (Å²) in [5.41, 5.74) is 0. The second-order valence-electron chi connectivity index (χ2n) is 3.21. The Labute approximate surface area is 96.2 Å². The topological polar surface area (TPSA) is 63.5 Å². The summed E-state index contributed by atoms with van der Waals surface area (Å²) in [4.78, 5) is 0.801. The molecule has 0 aliphatic heterocycles. The molecule has 0 saturated carbocycles. The van der Waals surface area contributed by atoms with Crippen molar-refractivity contribution >= 4 is 11.2 Å². The van der Waals surface area contributed by atoms with Crippen molar-refractivity contribution in [3.63, 3.8) is 0 Å². The fourth-order valence-electron chi connectivity index (χ4n) is 1.33. The highest BCUT2D eigenvalue weighted by Crippen LogP contribution is 2.34. The Morgan fingerprint density at radius 2 is 1.56 bits per heavy atom. The van der Waals surface area contributed by atoms with Crippen LogP contribution in [0.3, 0.4) is 0 Å². The average molecular weight is 234 g/mol. The average Bonchev–Trinajstić information content (AvgIpc) is 2.33. The van der Waals surface area contributed by atoms with Gasteiger partial charge in [-0.3, -0.25) is 0 Å². The second kappa shape index (κ2) is 4.47. The van der Waals surface area contributed by atoms with Gasteiger partial charge in [0.2, 0.25) is 10.6 Å². The van der Waals surface area contributed by atoms with Crippen LogP contribution in [-0.4, -0.2) is 14.8 Å². The smallest absolute Gasteiger partial charge is 0.214 e. The minimum Gasteiger partial charge on any atom is -0.606 e. The van der Waals surface area contributed by atoms with Gasteiger partial charge in [-0.25, -0.2) is 0 Å². The van der Waals surface area contributed by atoms with Crippen LogP contribution < -0.4 is 0 Å². The van der Waals surface area contributed by atoms with E-state index in [-0.39, 0.29) is 16.4 Å². The number of phenols is 2. The van der Waals surface area contributed by atoms with Crippen molar-refractivity contribution in [1.82, 2.24) is 0 Å². The van der Waals surface area contributed by atoms with E-state index >= 15 is 0 Å². The van der Waals surface area contributed by atoms with E-state index in [0.717, 1.165) is 0 Å². The summed E-state index contributed by atoms with van der Waals surface area (Å²) in [6, 6.07) is 13.2. The summed E-state index contributed by atoms with van der Waals surface area (Å²) in [6.45, 7) is 0. The fourth-order valence-corrected chi connectivity index (χ4v) is 2.47. The maximum absolute atomic E-state index is 12.1. The van der Waals surface area contributed by atoms with Crippen LogP contribution in [0.25, 0.3) is 0 Å². The van der Waals surface area contributed by atoms with Gasteiger partial charge in [-0.05, 0) is 24.3 Å². The first-order chi connectivity index (χ1) is 7.70. The third kappa shape index (κ3) is 1.98. The van der Waals surface area contributed by atoms with Crippen molar-refractivity contribution in [1.29, 1.82) is 0 Å². The van der Waals surface area contributed by atoms with Crippen molar-refractivity contribution < 1.29 is 14.8 Å². The lowest BCUT2D eigenvalue weighted by Crippen LogP contribution is -2.01. The molecule has 0 saturated heterocycles. The van der Waals surface area contributed by atoms with Gasteiger partial charge < -0.3 is 14.8 Å². The fraction of sp³-hybridized carbons (Fsp3) is 0. The summed E-state index contributed by atoms with van der Waals surface area (Å²) in [6.07, 6.45) is 0. The first-order valence-corrected chi connectivity index (χ1v) is 5.83. The Bertz CT molecular complexity index is 485. The van der Waals surface area contributed by atoms with Crippen LogP contribution in [0.15, 0.2) is 58.3 Å². The molecule has 0 aliphatic rings. The van der Waals surface area contributed by atoms with Crippen molar-refractivity contribution in [3.8, 4) is 11.5 Å². The molecule has 0 fully saturated rings. The SMILES string of the molecule is [O-][S+](c1ccccc1)c1cccc(O)c1O. The van der Waals surface area contributed by atoms with Crippen molar-refractivity contribution in [3.05, 3.63) is 48.5 Å². The highest BCUT2D eigenvalue weighted by Gasteiger charge is 2.20. The van der Waals surface area contributed by atoms with Crippen LogP contribution >= 0.6 is 0 Å². The lowest BCUT2D eigenvalue weighted by Gasteiger charge is -2.11. The Morgan fingerprint density at radius 1 is 0.875 bits per heavy atom. The van der Waals surface area contributed by atoms with Crippen molar-refractivity contribution in [2.24, 2.45) is 0 Å². The van der Waals surface area contributed by atoms with Crippen LogP contribution in [0.2, 0.25) is 0 Å². The van der Waals surface area contributed by atoms with Gasteiger partial charge in [0, 0.05) is 11.2 Å². The van der Waals surface area contributed by atoms with Gasteiger partial charge in [0.25, 0.3) is 0 Å². The third-order valence-electron chi connectivity index (χ3n) is 2.13. The van der Waals surface area contributed by atoms with Crippen molar-refractivity contribution in [2.75, 3.05) is 0 Å². The standard InChI is InChI=1S/C12H10O3S/c13-10-7-4-8-11(12(10)14)16(15)9-5-2-1-3-6-9/h1-8,13-14H. The number of benzene rings is 2. The summed E-state index contributed by atoms with van der Waals surface area (Å²) < 4.78 is 12.1. The van der Waals surface area contributed by atoms with Gasteiger partial charge in [-0.2, -0.15) is 0 Å². The zero-order chi connectivity index (χ0) is 11.5. The molecule has 1 unspecified atom stereocenters. The molecule has 16 heavy (non-hydrogen) atoms. The third-order valence-corrected chi connectivity index (χ3v) is 3.56. The molecule has 0 radical (unpaired) electrons. The van der Waals surface area contributed by atoms with Crippen molar-refractivity contribution in [2.45, 2.75) is 9.79 Å². The van der Waals surface area contributed by atoms with E-state index in [1.165, 1.54) is 12.1 Å². The van der Waals surface area contributed by atoms with Crippen LogP contribution in [-0.2, 0) is 11.2 Å². The summed E-state index contributed by atoms with van der Waals surface area (Å²) in [5, 5.41) is 18.9. The molecule has 82 valence electrons. The normalized spacial score (nSPS) is 12.3. The zero-order valence-electron chi connectivity index (χ0n) is 8.33. The Kier molecular flexibility index (Phi) is 3.03. The minimum absolute atomic E-state index is 0.214. The maximum Gasteiger partial charge on any atom is 0.214 e. The van der Waals surface area contributed by atoms with E-state index < -0.39 is 11.2 Å². The lowest BCUT2D eigenvalue weighted by atomic mass is 10.3. The molecular weight excluding hydrogens is 224 g/mol. The maximum atomic E-state index is 12.1. The number of rotatable bonds is 2. The van der Waals surface area contributed by atoms with Gasteiger partial charge in [0.15, 0.2) is 10.6 Å². The van der Waals surface area contributed by atoms with Crippen LogP contribution in [0.5, 0.6) is 11.5 Å². The largest absolute Gasteiger partial charge is 0.606 e. The van der Waals surface area contributed by atoms with Crippen LogP contribution in [0, 0.1) is 0 Å². The first-order valence-electron chi connectivity index (χ1n) is 4.68. The molecule has 0 bridgehead atoms. The summed E-state index contributed by atoms with van der Waals surface area (Å²) in [7, 11) is 0. The molecular formula is C12H10O3S. The molecule has 0 amide bonds. The van der Waals surface area contributed by atoms with E-state index in [0.29, 0.717) is 4.90 Å². The van der Waals surface area contributed by atoms with Crippen LogP contribution in [0.1, 0.15) is 0 Å². The summed E-state index contributed by atoms with van der Waals surface area (Å²) >= 11 is -1.48. The second-order valence-corrected chi connectivity index (χ2v) is 4.65. The number of hydrogen-bond acceptors (Lipinski definition) is 3. The van der Waals surface area contributed by atoms with Gasteiger partial charge in [0.1, 0.15) is 0 Å². The zero-order valence-corrected chi connectivity index (χ0v) is 9.15. The van der Waals surface area contributed by atoms with Gasteiger partial charge >= 0.3 is 0 Å². The number of aromatic hydroxyl groups is 2. The first kappa shape index (κ1) is 10.9. The molecule has 0 heterocycles. The molecule has 3 nitrogen and oxygen atoms in total. The predicted molar refractivity (Wildman–Crippen MR) is 60.9 cm³/mol. The van der Waals surface area contributed by atoms with E-state index in [1.54, 1.807) is 30.3 Å². The molecule has 4 heteroatoms. The lowest BCUT2D eigenvalue weighted by molar-refractivity contribution is 0.393. The highest BCUT2D eigenvalue weighted by molar-refractivity contribution is 7.91. The molecule has 0 spiro atoms. The molecule has 2 aromatic rings. The monoisotopic (exact) mass is 234 g/mol. The Balaban J connectivity index is 2.42. The number of phenolic OH excluding ortho intramolecular Hbond substituents is 2.